The van der Waals surface area contributed by atoms with Gasteiger partial charge in [-0.05, 0) is 43.5 Å². The van der Waals surface area contributed by atoms with Crippen molar-refractivity contribution >= 4 is 23.7 Å². The lowest BCUT2D eigenvalue weighted by atomic mass is 9.92. The molecule has 10 nitrogen and oxygen atoms in total. The number of cyclic esters (lactones) is 1. The van der Waals surface area contributed by atoms with Crippen molar-refractivity contribution in [3.05, 3.63) is 102 Å². The highest BCUT2D eigenvalue weighted by Crippen LogP contribution is 2.19. The number of phenolic OH excluding ortho intramolecular Hbond substituents is 1. The number of esters is 1. The fraction of sp³-hybridized carbons (Fsp3) is 0.312. The van der Waals surface area contributed by atoms with Gasteiger partial charge in [0.15, 0.2) is 6.10 Å². The monoisotopic (exact) mass is 573 g/mol. The van der Waals surface area contributed by atoms with Crippen LogP contribution in [-0.4, -0.2) is 64.2 Å². The number of aliphatic hydroxyl groups is 1. The largest absolute Gasteiger partial charge is 0.507 e. The molecule has 0 aliphatic carbocycles. The maximum absolute atomic E-state index is 13.7. The van der Waals surface area contributed by atoms with Crippen molar-refractivity contribution in [2.75, 3.05) is 0 Å². The van der Waals surface area contributed by atoms with Gasteiger partial charge in [0.05, 0.1) is 29.7 Å². The number of para-hydroxylation sites is 1. The Morgan fingerprint density at radius 1 is 0.810 bits per heavy atom. The van der Waals surface area contributed by atoms with E-state index in [-0.39, 0.29) is 24.2 Å². The van der Waals surface area contributed by atoms with Gasteiger partial charge in [-0.2, -0.15) is 0 Å². The van der Waals surface area contributed by atoms with E-state index in [4.69, 9.17) is 4.74 Å². The summed E-state index contributed by atoms with van der Waals surface area (Å²) in [5, 5.41) is 29.6. The third-order valence-corrected chi connectivity index (χ3v) is 7.32. The molecule has 0 spiro atoms. The number of carbonyl (C=O) groups excluding carboxylic acids is 4. The Bertz CT molecular complexity index is 1400. The second-order valence-electron chi connectivity index (χ2n) is 10.5. The van der Waals surface area contributed by atoms with Gasteiger partial charge in [-0.1, -0.05) is 72.8 Å². The fourth-order valence-corrected chi connectivity index (χ4v) is 4.85. The molecule has 5 N–H and O–H groups in total. The summed E-state index contributed by atoms with van der Waals surface area (Å²) >= 11 is 0. The maximum Gasteiger partial charge on any atom is 0.312 e. The summed E-state index contributed by atoms with van der Waals surface area (Å²) in [5.74, 6) is -4.26. The van der Waals surface area contributed by atoms with Crippen molar-refractivity contribution in [1.82, 2.24) is 16.0 Å². The van der Waals surface area contributed by atoms with Gasteiger partial charge in [0.25, 0.3) is 11.8 Å². The molecule has 0 aromatic heterocycles. The molecule has 3 aromatic carbocycles. The van der Waals surface area contributed by atoms with Crippen LogP contribution in [0.25, 0.3) is 0 Å². The Hall–Kier alpha value is -4.70. The minimum atomic E-state index is -1.38. The van der Waals surface area contributed by atoms with Crippen molar-refractivity contribution in [3.8, 4) is 5.75 Å². The third-order valence-electron chi connectivity index (χ3n) is 7.32. The van der Waals surface area contributed by atoms with E-state index in [9.17, 15) is 29.4 Å². The van der Waals surface area contributed by atoms with E-state index in [2.05, 4.69) is 16.0 Å². The van der Waals surface area contributed by atoms with Gasteiger partial charge in [0.1, 0.15) is 11.8 Å². The zero-order valence-electron chi connectivity index (χ0n) is 23.4. The number of ether oxygens (including phenoxy) is 1. The summed E-state index contributed by atoms with van der Waals surface area (Å²) in [6.45, 7) is 3.01. The van der Waals surface area contributed by atoms with E-state index in [0.717, 1.165) is 11.1 Å². The van der Waals surface area contributed by atoms with Gasteiger partial charge in [-0.3, -0.25) is 19.2 Å². The average Bonchev–Trinajstić information content (AvgIpc) is 2.99. The Balaban J connectivity index is 1.69. The summed E-state index contributed by atoms with van der Waals surface area (Å²) in [7, 11) is 0. The highest BCUT2D eigenvalue weighted by Gasteiger charge is 2.39. The first-order valence-electron chi connectivity index (χ1n) is 13.8. The Labute approximate surface area is 244 Å². The molecular formula is C32H35N3O7. The molecule has 3 amide bonds. The number of hydrogen-bond acceptors (Lipinski definition) is 7. The van der Waals surface area contributed by atoms with Crippen LogP contribution < -0.4 is 16.0 Å². The lowest BCUT2D eigenvalue weighted by Crippen LogP contribution is -2.62. The van der Waals surface area contributed by atoms with Crippen LogP contribution in [0.15, 0.2) is 84.9 Å². The van der Waals surface area contributed by atoms with Gasteiger partial charge >= 0.3 is 5.97 Å². The quantitative estimate of drug-likeness (QED) is 0.282. The smallest absolute Gasteiger partial charge is 0.312 e. The molecule has 10 heteroatoms. The molecule has 6 atom stereocenters. The first kappa shape index (κ1) is 30.3. The van der Waals surface area contributed by atoms with Crippen molar-refractivity contribution in [1.29, 1.82) is 0 Å². The molecule has 0 radical (unpaired) electrons. The van der Waals surface area contributed by atoms with Crippen LogP contribution in [0.5, 0.6) is 5.75 Å². The molecule has 1 saturated heterocycles. The van der Waals surface area contributed by atoms with Crippen LogP contribution in [0.1, 0.15) is 35.3 Å². The second kappa shape index (κ2) is 13.8. The van der Waals surface area contributed by atoms with Crippen LogP contribution >= 0.6 is 0 Å². The molecule has 42 heavy (non-hydrogen) atoms. The fourth-order valence-electron chi connectivity index (χ4n) is 4.85. The minimum absolute atomic E-state index is 0.0553. The molecule has 0 bridgehead atoms. The third kappa shape index (κ3) is 7.52. The van der Waals surface area contributed by atoms with Gasteiger partial charge in [0, 0.05) is 6.42 Å². The highest BCUT2D eigenvalue weighted by atomic mass is 16.5. The number of nitrogens with one attached hydrogen (secondary N) is 3. The molecule has 220 valence electrons. The van der Waals surface area contributed by atoms with Gasteiger partial charge < -0.3 is 30.9 Å². The normalized spacial score (nSPS) is 25.2. The van der Waals surface area contributed by atoms with Crippen LogP contribution in [-0.2, 0) is 32.0 Å². The number of rotatable bonds is 6. The van der Waals surface area contributed by atoms with Crippen molar-refractivity contribution in [3.63, 3.8) is 0 Å². The molecular weight excluding hydrogens is 538 g/mol. The zero-order chi connectivity index (χ0) is 30.2. The lowest BCUT2D eigenvalue weighted by Gasteiger charge is -2.33. The predicted octanol–water partition coefficient (Wildman–Crippen LogP) is 1.89. The summed E-state index contributed by atoms with van der Waals surface area (Å²) in [5.41, 5.74) is 1.48. The number of amides is 3. The highest BCUT2D eigenvalue weighted by molar-refractivity contribution is 6.00. The number of aromatic hydroxyl groups is 1. The van der Waals surface area contributed by atoms with Gasteiger partial charge in [-0.15, -0.1) is 0 Å². The zero-order valence-corrected chi connectivity index (χ0v) is 23.4. The van der Waals surface area contributed by atoms with Crippen molar-refractivity contribution < 1.29 is 34.1 Å². The molecule has 1 aliphatic rings. The van der Waals surface area contributed by atoms with Crippen LogP contribution in [0.2, 0.25) is 0 Å². The lowest BCUT2D eigenvalue weighted by molar-refractivity contribution is -0.164. The molecule has 6 unspecified atom stereocenters. The van der Waals surface area contributed by atoms with E-state index in [0.29, 0.717) is 0 Å². The number of phenols is 1. The predicted molar refractivity (Wildman–Crippen MR) is 154 cm³/mol. The number of hydrogen-bond donors (Lipinski definition) is 5. The van der Waals surface area contributed by atoms with Gasteiger partial charge in [0.2, 0.25) is 5.91 Å². The molecule has 1 fully saturated rings. The average molecular weight is 574 g/mol. The molecule has 0 saturated carbocycles. The first-order valence-corrected chi connectivity index (χ1v) is 13.8. The van der Waals surface area contributed by atoms with Crippen LogP contribution in [0.4, 0.5) is 0 Å². The van der Waals surface area contributed by atoms with E-state index in [1.165, 1.54) is 26.0 Å². The second-order valence-corrected chi connectivity index (χ2v) is 10.5. The van der Waals surface area contributed by atoms with E-state index in [1.54, 1.807) is 36.4 Å². The summed E-state index contributed by atoms with van der Waals surface area (Å²) in [6.07, 6.45) is -2.41. The first-order chi connectivity index (χ1) is 20.1. The standard InChI is InChI=1S/C32H35N3O7/c1-19-28(37)24(17-21-11-5-3-6-12-21)34-31(40)27(35-29(38)23-15-9-10-16-25(23)36)20(2)33-30(39)26(42-32(19)41)18-22-13-7-4-8-14-22/h3-16,19-20,24,26-28,36-37H,17-18H2,1-2H3,(H,33,39)(H,34,40)(H,35,38). The molecule has 1 aliphatic heterocycles. The Morgan fingerprint density at radius 3 is 2.00 bits per heavy atom. The number of benzene rings is 3. The van der Waals surface area contributed by atoms with E-state index in [1.807, 2.05) is 36.4 Å². The van der Waals surface area contributed by atoms with E-state index < -0.39 is 59.9 Å². The summed E-state index contributed by atoms with van der Waals surface area (Å²) < 4.78 is 5.65. The molecule has 1 heterocycles. The Kier molecular flexibility index (Phi) is 9.93. The van der Waals surface area contributed by atoms with Crippen molar-refractivity contribution in [2.45, 2.75) is 57.0 Å². The van der Waals surface area contributed by atoms with Crippen LogP contribution in [0.3, 0.4) is 0 Å². The number of carbonyl (C=O) groups is 4. The molecule has 4 rings (SSSR count). The molecule has 3 aromatic rings. The summed E-state index contributed by atoms with van der Waals surface area (Å²) in [4.78, 5) is 53.5. The summed E-state index contributed by atoms with van der Waals surface area (Å²) in [6, 6.07) is 20.8. The number of aliphatic hydroxyl groups excluding tert-OH is 1. The SMILES string of the molecule is CC1NC(=O)C(Cc2ccccc2)OC(=O)C(C)C(O)C(Cc2ccccc2)NC(=O)C1NC(=O)c1ccccc1O. The minimum Gasteiger partial charge on any atom is -0.507 e. The Morgan fingerprint density at radius 2 is 1.38 bits per heavy atom. The van der Waals surface area contributed by atoms with Gasteiger partial charge in [-0.25, -0.2) is 0 Å². The van der Waals surface area contributed by atoms with Crippen molar-refractivity contribution in [2.24, 2.45) is 5.92 Å². The maximum atomic E-state index is 13.7. The van der Waals surface area contributed by atoms with Crippen LogP contribution in [0, 0.1) is 5.92 Å². The van der Waals surface area contributed by atoms with E-state index >= 15 is 0 Å². The topological polar surface area (TPSA) is 154 Å².